The van der Waals surface area contributed by atoms with Gasteiger partial charge in [0.05, 0.1) is 23.7 Å². The highest BCUT2D eigenvalue weighted by Gasteiger charge is 2.46. The van der Waals surface area contributed by atoms with E-state index in [2.05, 4.69) is 25.3 Å². The summed E-state index contributed by atoms with van der Waals surface area (Å²) in [6.07, 6.45) is -0.724. The SMILES string of the molecule is Cc1ccc(-c2ncccn2)c(C(=O)N2CC(F)(F)C[C@@H](C)[C@H]2CNc2ncc(C(F)(F)F)cn2)c1. The van der Waals surface area contributed by atoms with Crippen LogP contribution < -0.4 is 5.32 Å². The summed E-state index contributed by atoms with van der Waals surface area (Å²) in [7, 11) is 0. The highest BCUT2D eigenvalue weighted by Crippen LogP contribution is 2.36. The molecule has 1 saturated heterocycles. The first-order valence-corrected chi connectivity index (χ1v) is 11.1. The quantitative estimate of drug-likeness (QED) is 0.498. The Morgan fingerprint density at radius 3 is 2.44 bits per heavy atom. The summed E-state index contributed by atoms with van der Waals surface area (Å²) in [6.45, 7) is 2.54. The first kappa shape index (κ1) is 25.4. The third-order valence-corrected chi connectivity index (χ3v) is 6.00. The molecule has 0 spiro atoms. The van der Waals surface area contributed by atoms with Crippen LogP contribution in [-0.2, 0) is 6.18 Å². The number of nitrogens with one attached hydrogen (secondary N) is 1. The van der Waals surface area contributed by atoms with Crippen LogP contribution in [0.4, 0.5) is 27.9 Å². The van der Waals surface area contributed by atoms with Gasteiger partial charge in [0.15, 0.2) is 5.82 Å². The van der Waals surface area contributed by atoms with Gasteiger partial charge in [0.25, 0.3) is 11.8 Å². The Bertz CT molecular complexity index is 1220. The van der Waals surface area contributed by atoms with Crippen molar-refractivity contribution in [3.63, 3.8) is 0 Å². The molecule has 0 radical (unpaired) electrons. The van der Waals surface area contributed by atoms with E-state index in [1.54, 1.807) is 38.1 Å². The third kappa shape index (κ3) is 5.58. The zero-order valence-corrected chi connectivity index (χ0v) is 19.4. The summed E-state index contributed by atoms with van der Waals surface area (Å²) in [5, 5.41) is 2.79. The molecule has 36 heavy (non-hydrogen) atoms. The Balaban J connectivity index is 1.63. The number of nitrogens with zero attached hydrogens (tertiary/aromatic N) is 5. The smallest absolute Gasteiger partial charge is 0.352 e. The third-order valence-electron chi connectivity index (χ3n) is 6.00. The van der Waals surface area contributed by atoms with Crippen molar-refractivity contribution in [1.29, 1.82) is 0 Å². The Morgan fingerprint density at radius 1 is 1.14 bits per heavy atom. The summed E-state index contributed by atoms with van der Waals surface area (Å²) in [5.74, 6) is -4.17. The number of amides is 1. The van der Waals surface area contributed by atoms with E-state index in [-0.39, 0.29) is 23.9 Å². The van der Waals surface area contributed by atoms with Crippen LogP contribution in [0.5, 0.6) is 0 Å². The molecule has 4 rings (SSSR count). The van der Waals surface area contributed by atoms with Crippen LogP contribution in [-0.4, -0.2) is 55.8 Å². The Hall–Kier alpha value is -3.70. The van der Waals surface area contributed by atoms with E-state index in [0.29, 0.717) is 18.0 Å². The van der Waals surface area contributed by atoms with Gasteiger partial charge in [0, 0.05) is 43.3 Å². The van der Waals surface area contributed by atoms with E-state index < -0.39 is 48.5 Å². The van der Waals surface area contributed by atoms with Crippen molar-refractivity contribution in [2.24, 2.45) is 5.92 Å². The van der Waals surface area contributed by atoms with Crippen LogP contribution >= 0.6 is 0 Å². The maximum atomic E-state index is 14.6. The molecule has 7 nitrogen and oxygen atoms in total. The average Bonchev–Trinajstić information content (AvgIpc) is 2.82. The molecule has 3 heterocycles. The Kier molecular flexibility index (Phi) is 6.87. The highest BCUT2D eigenvalue weighted by atomic mass is 19.4. The fourth-order valence-corrected chi connectivity index (χ4v) is 4.26. The monoisotopic (exact) mass is 506 g/mol. The molecule has 1 N–H and O–H groups in total. The number of hydrogen-bond acceptors (Lipinski definition) is 6. The number of halogens is 5. The van der Waals surface area contributed by atoms with Gasteiger partial charge in [-0.05, 0) is 25.0 Å². The molecule has 2 aromatic heterocycles. The molecule has 190 valence electrons. The molecule has 1 amide bonds. The van der Waals surface area contributed by atoms with Crippen molar-refractivity contribution in [1.82, 2.24) is 24.8 Å². The number of piperidine rings is 1. The summed E-state index contributed by atoms with van der Waals surface area (Å²) < 4.78 is 67.6. The molecular formula is C24H23F5N6O. The van der Waals surface area contributed by atoms with Gasteiger partial charge >= 0.3 is 6.18 Å². The normalized spacial score (nSPS) is 19.7. The van der Waals surface area contributed by atoms with Crippen molar-refractivity contribution in [3.8, 4) is 11.4 Å². The van der Waals surface area contributed by atoms with E-state index in [0.717, 1.165) is 10.5 Å². The van der Waals surface area contributed by atoms with Crippen molar-refractivity contribution in [3.05, 3.63) is 65.7 Å². The summed E-state index contributed by atoms with van der Waals surface area (Å²) >= 11 is 0. The number of carbonyl (C=O) groups is 1. The topological polar surface area (TPSA) is 83.9 Å². The minimum absolute atomic E-state index is 0.0304. The van der Waals surface area contributed by atoms with Crippen molar-refractivity contribution in [2.75, 3.05) is 18.4 Å². The lowest BCUT2D eigenvalue weighted by Crippen LogP contribution is -2.57. The summed E-state index contributed by atoms with van der Waals surface area (Å²) in [5.41, 5.74) is 0.334. The van der Waals surface area contributed by atoms with Crippen molar-refractivity contribution in [2.45, 2.75) is 38.4 Å². The number of hydrogen-bond donors (Lipinski definition) is 1. The van der Waals surface area contributed by atoms with E-state index in [1.165, 1.54) is 12.4 Å². The first-order chi connectivity index (χ1) is 16.9. The second-order valence-electron chi connectivity index (χ2n) is 8.83. The predicted octanol–water partition coefficient (Wildman–Crippen LogP) is 4.86. The van der Waals surface area contributed by atoms with Gasteiger partial charge in [0.2, 0.25) is 5.95 Å². The van der Waals surface area contributed by atoms with Crippen LogP contribution in [0.2, 0.25) is 0 Å². The molecule has 3 aromatic rings. The van der Waals surface area contributed by atoms with Crippen LogP contribution in [0.25, 0.3) is 11.4 Å². The largest absolute Gasteiger partial charge is 0.419 e. The maximum Gasteiger partial charge on any atom is 0.419 e. The molecule has 2 atom stereocenters. The number of likely N-dealkylation sites (tertiary alicyclic amines) is 1. The second kappa shape index (κ2) is 9.75. The lowest BCUT2D eigenvalue weighted by Gasteiger charge is -2.43. The molecule has 12 heteroatoms. The lowest BCUT2D eigenvalue weighted by atomic mass is 9.87. The van der Waals surface area contributed by atoms with E-state index in [4.69, 9.17) is 0 Å². The molecule has 0 bridgehead atoms. The highest BCUT2D eigenvalue weighted by molar-refractivity contribution is 6.00. The first-order valence-electron chi connectivity index (χ1n) is 11.1. The molecule has 1 fully saturated rings. The van der Waals surface area contributed by atoms with Gasteiger partial charge in [-0.1, -0.05) is 24.6 Å². The number of aryl methyl sites for hydroxylation is 1. The standard InChI is InChI=1S/C24H23F5N6O/c1-14-4-5-17(20-30-6-3-7-31-20)18(8-14)21(36)35-13-23(25,26)9-15(2)19(35)12-34-22-32-10-16(11-33-22)24(27,28)29/h3-8,10-11,15,19H,9,12-13H2,1-2H3,(H,32,33,34)/t15-,19-/m1/s1. The van der Waals surface area contributed by atoms with Gasteiger partial charge in [0.1, 0.15) is 0 Å². The fraction of sp³-hybridized carbons (Fsp3) is 0.375. The molecule has 1 aliphatic heterocycles. The van der Waals surface area contributed by atoms with Crippen LogP contribution in [0, 0.1) is 12.8 Å². The minimum atomic E-state index is -4.58. The average molecular weight is 506 g/mol. The van der Waals surface area contributed by atoms with Gasteiger partial charge in [-0.25, -0.2) is 28.7 Å². The zero-order chi connectivity index (χ0) is 26.1. The number of alkyl halides is 5. The molecule has 0 aliphatic carbocycles. The van der Waals surface area contributed by atoms with Gasteiger partial charge in [-0.3, -0.25) is 4.79 Å². The Morgan fingerprint density at radius 2 is 1.81 bits per heavy atom. The molecular weight excluding hydrogens is 483 g/mol. The number of rotatable bonds is 5. The molecule has 0 saturated carbocycles. The van der Waals surface area contributed by atoms with E-state index >= 15 is 0 Å². The number of benzene rings is 1. The summed E-state index contributed by atoms with van der Waals surface area (Å²) in [4.78, 5) is 30.5. The van der Waals surface area contributed by atoms with Gasteiger partial charge in [-0.2, -0.15) is 13.2 Å². The molecule has 0 unspecified atom stereocenters. The molecule has 1 aromatic carbocycles. The van der Waals surface area contributed by atoms with Crippen LogP contribution in [0.3, 0.4) is 0 Å². The predicted molar refractivity (Wildman–Crippen MR) is 121 cm³/mol. The lowest BCUT2D eigenvalue weighted by molar-refractivity contribution is -0.138. The van der Waals surface area contributed by atoms with Crippen LogP contribution in [0.15, 0.2) is 49.1 Å². The zero-order valence-electron chi connectivity index (χ0n) is 19.4. The minimum Gasteiger partial charge on any atom is -0.352 e. The Labute approximate surface area is 203 Å². The molecule has 1 aliphatic rings. The van der Waals surface area contributed by atoms with E-state index in [1.807, 2.05) is 0 Å². The van der Waals surface area contributed by atoms with Crippen molar-refractivity contribution < 1.29 is 26.7 Å². The van der Waals surface area contributed by atoms with Crippen molar-refractivity contribution >= 4 is 11.9 Å². The summed E-state index contributed by atoms with van der Waals surface area (Å²) in [6, 6.07) is 5.98. The second-order valence-corrected chi connectivity index (χ2v) is 8.83. The fourth-order valence-electron chi connectivity index (χ4n) is 4.26. The van der Waals surface area contributed by atoms with E-state index in [9.17, 15) is 26.7 Å². The number of aromatic nitrogens is 4. The number of anilines is 1. The van der Waals surface area contributed by atoms with Gasteiger partial charge < -0.3 is 10.2 Å². The number of carbonyl (C=O) groups excluding carboxylic acids is 1. The van der Waals surface area contributed by atoms with Crippen LogP contribution in [0.1, 0.15) is 34.8 Å². The maximum absolute atomic E-state index is 14.6. The van der Waals surface area contributed by atoms with Gasteiger partial charge in [-0.15, -0.1) is 0 Å².